The predicted molar refractivity (Wildman–Crippen MR) is 153 cm³/mol. The average Bonchev–Trinajstić information content (AvgIpc) is 2.98. The van der Waals surface area contributed by atoms with Gasteiger partial charge in [0.05, 0.1) is 12.7 Å². The lowest BCUT2D eigenvalue weighted by Gasteiger charge is -2.58. The van der Waals surface area contributed by atoms with Gasteiger partial charge in [-0.3, -0.25) is 4.79 Å². The van der Waals surface area contributed by atoms with E-state index in [-0.39, 0.29) is 17.9 Å². The topological polar surface area (TPSA) is 83.2 Å². The second-order valence-electron chi connectivity index (χ2n) is 13.5. The highest BCUT2D eigenvalue weighted by atomic mass is 17.2. The Morgan fingerprint density at radius 3 is 2.15 bits per heavy atom. The molecule has 1 aromatic carbocycles. The van der Waals surface area contributed by atoms with Crippen LogP contribution >= 0.6 is 0 Å². The number of amides is 1. The molecule has 7 rings (SSSR count). The van der Waals surface area contributed by atoms with Crippen molar-refractivity contribution in [2.75, 3.05) is 33.4 Å². The molecule has 222 valence electrons. The number of nitrogens with two attached hydrogens (primary N) is 1. The Labute approximate surface area is 240 Å². The molecule has 0 spiro atoms. The highest BCUT2D eigenvalue weighted by Gasteiger charge is 2.60. The summed E-state index contributed by atoms with van der Waals surface area (Å²) in [5.74, 6) is 3.71. The number of carbonyl (C=O) groups excluding carboxylic acids is 1. The largest absolute Gasteiger partial charge is 0.494 e. The number of piperidine rings is 1. The van der Waals surface area contributed by atoms with Crippen LogP contribution < -0.4 is 10.5 Å². The normalized spacial score (nSPS) is 36.1. The zero-order valence-electron chi connectivity index (χ0n) is 24.4. The first-order valence-electron chi connectivity index (χ1n) is 16.2. The number of hydrogen-bond donors (Lipinski definition) is 1. The number of nitrogens with zero attached hydrogens (tertiary/aromatic N) is 1. The Balaban J connectivity index is 0.878. The van der Waals surface area contributed by atoms with Crippen molar-refractivity contribution in [1.29, 1.82) is 0 Å². The second kappa shape index (κ2) is 12.7. The number of rotatable bonds is 12. The van der Waals surface area contributed by atoms with Crippen molar-refractivity contribution in [3.63, 3.8) is 0 Å². The molecule has 4 bridgehead atoms. The van der Waals surface area contributed by atoms with Crippen LogP contribution in [0.15, 0.2) is 24.3 Å². The van der Waals surface area contributed by atoms with Crippen LogP contribution in [0.25, 0.3) is 0 Å². The van der Waals surface area contributed by atoms with Crippen molar-refractivity contribution in [3.05, 3.63) is 29.8 Å². The monoisotopic (exact) mass is 554 g/mol. The third-order valence-electron chi connectivity index (χ3n) is 11.1. The minimum absolute atomic E-state index is 0.0692. The molecule has 5 aliphatic carbocycles. The minimum atomic E-state index is -0.511. The van der Waals surface area contributed by atoms with Gasteiger partial charge in [0.2, 0.25) is 11.7 Å². The fourth-order valence-electron chi connectivity index (χ4n) is 8.88. The molecule has 0 aromatic heterocycles. The molecule has 2 N–H and O–H groups in total. The summed E-state index contributed by atoms with van der Waals surface area (Å²) in [6, 6.07) is 8.75. The van der Waals surface area contributed by atoms with Crippen LogP contribution in [-0.2, 0) is 19.3 Å². The number of methoxy groups -OCH3 is 1. The molecule has 0 unspecified atom stereocenters. The van der Waals surface area contributed by atoms with E-state index in [1.54, 1.807) is 0 Å². The lowest BCUT2D eigenvalue weighted by atomic mass is 9.53. The van der Waals surface area contributed by atoms with E-state index in [1.165, 1.54) is 37.7 Å². The zero-order valence-corrected chi connectivity index (χ0v) is 24.4. The molecule has 6 aliphatic rings. The Morgan fingerprint density at radius 2 is 1.55 bits per heavy atom. The highest BCUT2D eigenvalue weighted by Crippen LogP contribution is 2.60. The minimum Gasteiger partial charge on any atom is -0.494 e. The van der Waals surface area contributed by atoms with Crippen molar-refractivity contribution < 1.29 is 24.0 Å². The Morgan fingerprint density at radius 1 is 0.900 bits per heavy atom. The number of unbranched alkanes of at least 4 members (excludes halogenated alkanes) is 1. The zero-order chi connectivity index (χ0) is 27.5. The molecular formula is C33H50N2O5. The molecular weight excluding hydrogens is 504 g/mol. The number of primary amides is 1. The van der Waals surface area contributed by atoms with E-state index in [9.17, 15) is 4.79 Å². The van der Waals surface area contributed by atoms with E-state index < -0.39 is 5.79 Å². The van der Waals surface area contributed by atoms with E-state index in [4.69, 9.17) is 25.0 Å². The summed E-state index contributed by atoms with van der Waals surface area (Å²) in [6.45, 7) is 3.77. The summed E-state index contributed by atoms with van der Waals surface area (Å²) in [4.78, 5) is 26.2. The number of ether oxygens (including phenoxy) is 2. The van der Waals surface area contributed by atoms with Crippen molar-refractivity contribution in [2.45, 2.75) is 101 Å². The molecule has 5 saturated carbocycles. The van der Waals surface area contributed by atoms with E-state index >= 15 is 0 Å². The quantitative estimate of drug-likeness (QED) is 0.152. The lowest BCUT2D eigenvalue weighted by molar-refractivity contribution is -0.485. The maximum absolute atomic E-state index is 11.3. The van der Waals surface area contributed by atoms with Crippen LogP contribution in [0.5, 0.6) is 5.75 Å². The third-order valence-corrected chi connectivity index (χ3v) is 11.1. The predicted octanol–water partition coefficient (Wildman–Crippen LogP) is 5.82. The average molecular weight is 555 g/mol. The summed E-state index contributed by atoms with van der Waals surface area (Å²) in [6.07, 6.45) is 14.8. The van der Waals surface area contributed by atoms with Crippen LogP contribution in [-0.4, -0.2) is 56.0 Å². The number of benzene rings is 1. The molecule has 1 amide bonds. The van der Waals surface area contributed by atoms with Crippen molar-refractivity contribution in [3.8, 4) is 5.75 Å². The smallest absolute Gasteiger partial charge is 0.220 e. The third kappa shape index (κ3) is 6.23. The molecule has 1 heterocycles. The van der Waals surface area contributed by atoms with Crippen LogP contribution in [0.3, 0.4) is 0 Å². The van der Waals surface area contributed by atoms with Crippen LogP contribution in [0.1, 0.15) is 95.0 Å². The first-order valence-corrected chi connectivity index (χ1v) is 16.2. The number of carbonyl (C=O) groups is 1. The van der Waals surface area contributed by atoms with Gasteiger partial charge < -0.3 is 20.1 Å². The van der Waals surface area contributed by atoms with Crippen LogP contribution in [0, 0.1) is 29.6 Å². The van der Waals surface area contributed by atoms with Gasteiger partial charge in [0, 0.05) is 24.9 Å². The molecule has 7 nitrogen and oxygen atoms in total. The van der Waals surface area contributed by atoms with Gasteiger partial charge in [-0.1, -0.05) is 12.1 Å². The molecule has 0 atom stereocenters. The van der Waals surface area contributed by atoms with Gasteiger partial charge in [-0.05, 0) is 139 Å². The van der Waals surface area contributed by atoms with Gasteiger partial charge in [-0.25, -0.2) is 9.78 Å². The standard InChI is InChI=1S/C33H50N2O5/c1-37-33(28-19-23-18-24(21-28)22-29(33)20-23)40-39-31-10-6-26(7-11-31)25-4-8-30(9-5-25)38-17-3-2-14-35-15-12-27(13-16-35)32(34)36/h4-5,8-9,23-24,26-29,31H,2-3,6-7,10-22H2,1H3,(H2,34,36). The summed E-state index contributed by atoms with van der Waals surface area (Å²) >= 11 is 0. The van der Waals surface area contributed by atoms with Gasteiger partial charge in [0.25, 0.3) is 0 Å². The maximum atomic E-state index is 11.3. The lowest BCUT2D eigenvalue weighted by Crippen LogP contribution is -2.60. The number of likely N-dealkylation sites (tertiary alicyclic amines) is 1. The van der Waals surface area contributed by atoms with Gasteiger partial charge in [0.1, 0.15) is 5.75 Å². The molecule has 7 heteroatoms. The molecule has 0 radical (unpaired) electrons. The summed E-state index contributed by atoms with van der Waals surface area (Å²) < 4.78 is 12.1. The summed E-state index contributed by atoms with van der Waals surface area (Å²) in [7, 11) is 1.83. The molecule has 40 heavy (non-hydrogen) atoms. The SMILES string of the molecule is COC1(OOC2CCC(c3ccc(OCCCCN4CCC(C(N)=O)CC4)cc3)CC2)C2CC3CC(C2)CC1C3. The molecule has 1 aliphatic heterocycles. The van der Waals surface area contributed by atoms with Crippen molar-refractivity contribution in [2.24, 2.45) is 35.3 Å². The van der Waals surface area contributed by atoms with Crippen molar-refractivity contribution in [1.82, 2.24) is 4.90 Å². The van der Waals surface area contributed by atoms with E-state index in [0.29, 0.717) is 17.8 Å². The van der Waals surface area contributed by atoms with Crippen LogP contribution in [0.4, 0.5) is 0 Å². The molecule has 1 aromatic rings. The first-order chi connectivity index (χ1) is 19.5. The Hall–Kier alpha value is -1.67. The fraction of sp³-hybridized carbons (Fsp3) is 0.788. The summed E-state index contributed by atoms with van der Waals surface area (Å²) in [5, 5.41) is 0. The fourth-order valence-corrected chi connectivity index (χ4v) is 8.88. The van der Waals surface area contributed by atoms with Crippen molar-refractivity contribution >= 4 is 5.91 Å². The van der Waals surface area contributed by atoms with Gasteiger partial charge in [-0.15, -0.1) is 0 Å². The van der Waals surface area contributed by atoms with Gasteiger partial charge in [-0.2, -0.15) is 0 Å². The number of hydrogen-bond acceptors (Lipinski definition) is 6. The first kappa shape index (κ1) is 28.4. The summed E-state index contributed by atoms with van der Waals surface area (Å²) in [5.41, 5.74) is 6.84. The maximum Gasteiger partial charge on any atom is 0.220 e. The molecule has 1 saturated heterocycles. The van der Waals surface area contributed by atoms with E-state index in [0.717, 1.165) is 95.2 Å². The Kier molecular flexibility index (Phi) is 9.02. The second-order valence-corrected chi connectivity index (χ2v) is 13.5. The van der Waals surface area contributed by atoms with Crippen LogP contribution in [0.2, 0.25) is 0 Å². The van der Waals surface area contributed by atoms with Gasteiger partial charge in [0.15, 0.2) is 0 Å². The Bertz CT molecular complexity index is 940. The molecule has 6 fully saturated rings. The van der Waals surface area contributed by atoms with E-state index in [2.05, 4.69) is 29.2 Å². The van der Waals surface area contributed by atoms with E-state index in [1.807, 2.05) is 7.11 Å². The van der Waals surface area contributed by atoms with Gasteiger partial charge >= 0.3 is 0 Å². The highest BCUT2D eigenvalue weighted by molar-refractivity contribution is 5.76.